The smallest absolute Gasteiger partial charge is 0.244 e. The summed E-state index contributed by atoms with van der Waals surface area (Å²) in [7, 11) is -0.464. The van der Waals surface area contributed by atoms with Crippen molar-refractivity contribution in [1.82, 2.24) is 4.31 Å². The fraction of sp³-hybridized carbons (Fsp3) is 0.238. The minimum absolute atomic E-state index is 0.295. The van der Waals surface area contributed by atoms with Gasteiger partial charge < -0.3 is 9.47 Å². The summed E-state index contributed by atoms with van der Waals surface area (Å²) in [5.74, 6) is 1.96. The number of thioether (sulfide) groups is 1. The summed E-state index contributed by atoms with van der Waals surface area (Å²) in [5.41, 5.74) is 0.879. The average Bonchev–Trinajstić information content (AvgIpc) is 3.23. The Hall–Kier alpha value is -2.22. The third kappa shape index (κ3) is 3.34. The third-order valence-electron chi connectivity index (χ3n) is 4.87. The van der Waals surface area contributed by atoms with E-state index in [1.54, 1.807) is 42.4 Å². The van der Waals surface area contributed by atoms with Gasteiger partial charge in [-0.25, -0.2) is 8.42 Å². The standard InChI is InChI=1S/C21H21NO4S2/c1-25-19-10-8-17(14-20(19)26-2)21-22(11-12-27-21)28(23,24)18-9-7-15-5-3-4-6-16(15)13-18/h3-10,13-14,21H,11-12H2,1-2H3/t21-/m1/s1. The molecule has 1 atom stereocenters. The first kappa shape index (κ1) is 19.1. The van der Waals surface area contributed by atoms with Crippen LogP contribution in [0.1, 0.15) is 10.9 Å². The van der Waals surface area contributed by atoms with E-state index in [0.29, 0.717) is 22.9 Å². The molecule has 0 amide bonds. The molecule has 0 N–H and O–H groups in total. The summed E-state index contributed by atoms with van der Waals surface area (Å²) in [5, 5.41) is 1.64. The van der Waals surface area contributed by atoms with Gasteiger partial charge in [0, 0.05) is 12.3 Å². The maximum atomic E-state index is 13.4. The molecule has 0 spiro atoms. The van der Waals surface area contributed by atoms with Gasteiger partial charge in [-0.15, -0.1) is 11.8 Å². The fourth-order valence-electron chi connectivity index (χ4n) is 3.43. The van der Waals surface area contributed by atoms with E-state index in [1.807, 2.05) is 48.5 Å². The van der Waals surface area contributed by atoms with Gasteiger partial charge in [0.15, 0.2) is 11.5 Å². The summed E-state index contributed by atoms with van der Waals surface area (Å²) >= 11 is 1.61. The number of sulfonamides is 1. The largest absolute Gasteiger partial charge is 0.493 e. The summed E-state index contributed by atoms with van der Waals surface area (Å²) in [6.07, 6.45) is 0. The molecule has 7 heteroatoms. The second-order valence-corrected chi connectivity index (χ2v) is 9.54. The van der Waals surface area contributed by atoms with Gasteiger partial charge in [0.05, 0.1) is 24.5 Å². The fourth-order valence-corrected chi connectivity index (χ4v) is 6.70. The van der Waals surface area contributed by atoms with Crippen LogP contribution < -0.4 is 9.47 Å². The lowest BCUT2D eigenvalue weighted by Crippen LogP contribution is -2.30. The van der Waals surface area contributed by atoms with Crippen molar-refractivity contribution < 1.29 is 17.9 Å². The van der Waals surface area contributed by atoms with Crippen molar-refractivity contribution in [2.45, 2.75) is 10.3 Å². The van der Waals surface area contributed by atoms with Gasteiger partial charge in [-0.05, 0) is 40.6 Å². The number of ether oxygens (including phenoxy) is 2. The monoisotopic (exact) mass is 415 g/mol. The summed E-state index contributed by atoms with van der Waals surface area (Å²) in [6, 6.07) is 18.6. The van der Waals surface area contributed by atoms with Gasteiger partial charge in [-0.1, -0.05) is 36.4 Å². The zero-order valence-electron chi connectivity index (χ0n) is 15.7. The van der Waals surface area contributed by atoms with Gasteiger partial charge in [0.1, 0.15) is 0 Å². The van der Waals surface area contributed by atoms with Crippen molar-refractivity contribution in [3.05, 3.63) is 66.2 Å². The molecule has 1 fully saturated rings. The highest BCUT2D eigenvalue weighted by atomic mass is 32.2. The molecule has 1 aliphatic rings. The Morgan fingerprint density at radius 3 is 2.43 bits per heavy atom. The third-order valence-corrected chi connectivity index (χ3v) is 8.12. The van der Waals surface area contributed by atoms with Crippen molar-refractivity contribution in [3.8, 4) is 11.5 Å². The first-order chi connectivity index (χ1) is 13.5. The first-order valence-corrected chi connectivity index (χ1v) is 11.4. The predicted molar refractivity (Wildman–Crippen MR) is 113 cm³/mol. The van der Waals surface area contributed by atoms with E-state index >= 15 is 0 Å². The number of methoxy groups -OCH3 is 2. The molecule has 0 unspecified atom stereocenters. The molecule has 0 aromatic heterocycles. The number of fused-ring (bicyclic) bond motifs is 1. The topological polar surface area (TPSA) is 55.8 Å². The number of hydrogen-bond acceptors (Lipinski definition) is 5. The second kappa shape index (κ2) is 7.66. The van der Waals surface area contributed by atoms with Crippen LogP contribution in [0.3, 0.4) is 0 Å². The molecule has 3 aromatic rings. The van der Waals surface area contributed by atoms with Gasteiger partial charge in [-0.3, -0.25) is 0 Å². The minimum atomic E-state index is -3.62. The van der Waals surface area contributed by atoms with Crippen LogP contribution in [0.25, 0.3) is 10.8 Å². The zero-order chi connectivity index (χ0) is 19.7. The van der Waals surface area contributed by atoms with E-state index in [0.717, 1.165) is 22.1 Å². The van der Waals surface area contributed by atoms with E-state index in [1.165, 1.54) is 0 Å². The molecule has 3 aromatic carbocycles. The van der Waals surface area contributed by atoms with Crippen LogP contribution in [-0.2, 0) is 10.0 Å². The first-order valence-electron chi connectivity index (χ1n) is 8.89. The highest BCUT2D eigenvalue weighted by Crippen LogP contribution is 2.43. The molecule has 28 heavy (non-hydrogen) atoms. The van der Waals surface area contributed by atoms with Crippen molar-refractivity contribution in [3.63, 3.8) is 0 Å². The number of nitrogens with zero attached hydrogens (tertiary/aromatic N) is 1. The van der Waals surface area contributed by atoms with Gasteiger partial charge in [-0.2, -0.15) is 4.31 Å². The van der Waals surface area contributed by atoms with Gasteiger partial charge in [0.25, 0.3) is 0 Å². The summed E-state index contributed by atoms with van der Waals surface area (Å²) in [4.78, 5) is 0.319. The van der Waals surface area contributed by atoms with Gasteiger partial charge in [0.2, 0.25) is 10.0 Å². The molecule has 1 heterocycles. The molecule has 0 radical (unpaired) electrons. The van der Waals surface area contributed by atoms with Crippen molar-refractivity contribution in [1.29, 1.82) is 0 Å². The SMILES string of the molecule is COc1ccc([C@H]2SCCN2S(=O)(=O)c2ccc3ccccc3c2)cc1OC. The number of benzene rings is 3. The second-order valence-electron chi connectivity index (χ2n) is 6.46. The Bertz CT molecular complexity index is 1110. The van der Waals surface area contributed by atoms with Crippen molar-refractivity contribution in [2.24, 2.45) is 0 Å². The van der Waals surface area contributed by atoms with Crippen molar-refractivity contribution in [2.75, 3.05) is 26.5 Å². The Kier molecular flexibility index (Phi) is 5.23. The lowest BCUT2D eigenvalue weighted by molar-refractivity contribution is 0.353. The molecule has 1 saturated heterocycles. The number of rotatable bonds is 5. The van der Waals surface area contributed by atoms with E-state index in [2.05, 4.69) is 0 Å². The summed E-state index contributed by atoms with van der Waals surface area (Å²) in [6.45, 7) is 0.471. The minimum Gasteiger partial charge on any atom is -0.493 e. The molecule has 0 aliphatic carbocycles. The molecular formula is C21H21NO4S2. The normalized spacial score (nSPS) is 17.7. The molecular weight excluding hydrogens is 394 g/mol. The lowest BCUT2D eigenvalue weighted by Gasteiger charge is -2.24. The summed E-state index contributed by atoms with van der Waals surface area (Å²) < 4.78 is 39.0. The van der Waals surface area contributed by atoms with Crippen LogP contribution >= 0.6 is 11.8 Å². The van der Waals surface area contributed by atoms with E-state index in [4.69, 9.17) is 9.47 Å². The molecule has 0 bridgehead atoms. The lowest BCUT2D eigenvalue weighted by atomic mass is 10.1. The van der Waals surface area contributed by atoms with E-state index in [9.17, 15) is 8.42 Å². The van der Waals surface area contributed by atoms with Crippen LogP contribution in [0.15, 0.2) is 65.6 Å². The Labute approximate surface area is 169 Å². The van der Waals surface area contributed by atoms with E-state index < -0.39 is 10.0 Å². The molecule has 146 valence electrons. The van der Waals surface area contributed by atoms with Gasteiger partial charge >= 0.3 is 0 Å². The van der Waals surface area contributed by atoms with Crippen LogP contribution in [0, 0.1) is 0 Å². The van der Waals surface area contributed by atoms with Crippen LogP contribution in [0.2, 0.25) is 0 Å². The Morgan fingerprint density at radius 2 is 1.68 bits per heavy atom. The molecule has 5 nitrogen and oxygen atoms in total. The van der Waals surface area contributed by atoms with Crippen LogP contribution in [0.5, 0.6) is 11.5 Å². The van der Waals surface area contributed by atoms with Crippen LogP contribution in [-0.4, -0.2) is 39.2 Å². The van der Waals surface area contributed by atoms with Crippen LogP contribution in [0.4, 0.5) is 0 Å². The number of hydrogen-bond donors (Lipinski definition) is 0. The maximum absolute atomic E-state index is 13.4. The Balaban J connectivity index is 1.72. The molecule has 0 saturated carbocycles. The highest BCUT2D eigenvalue weighted by Gasteiger charge is 2.37. The maximum Gasteiger partial charge on any atom is 0.244 e. The zero-order valence-corrected chi connectivity index (χ0v) is 17.3. The highest BCUT2D eigenvalue weighted by molar-refractivity contribution is 8.01. The molecule has 1 aliphatic heterocycles. The molecule has 4 rings (SSSR count). The average molecular weight is 416 g/mol. The van der Waals surface area contributed by atoms with E-state index in [-0.39, 0.29) is 5.37 Å². The quantitative estimate of drug-likeness (QED) is 0.622. The Morgan fingerprint density at radius 1 is 0.929 bits per heavy atom. The predicted octanol–water partition coefficient (Wildman–Crippen LogP) is 4.29. The van der Waals surface area contributed by atoms with Crippen molar-refractivity contribution >= 4 is 32.6 Å².